The van der Waals surface area contributed by atoms with E-state index in [0.29, 0.717) is 11.1 Å². The first kappa shape index (κ1) is 9.13. The van der Waals surface area contributed by atoms with Gasteiger partial charge >= 0.3 is 5.97 Å². The second kappa shape index (κ2) is 3.63. The number of rotatable bonds is 1. The summed E-state index contributed by atoms with van der Waals surface area (Å²) in [5.74, 6) is -0.354. The minimum atomic E-state index is -0.354. The largest absolute Gasteiger partial charge is 0.455 e. The molecule has 3 heteroatoms. The van der Waals surface area contributed by atoms with Gasteiger partial charge in [-0.05, 0) is 22.0 Å². The van der Waals surface area contributed by atoms with Crippen molar-refractivity contribution in [1.82, 2.24) is 0 Å². The van der Waals surface area contributed by atoms with Gasteiger partial charge in [-0.25, -0.2) is 4.79 Å². The van der Waals surface area contributed by atoms with E-state index in [2.05, 4.69) is 27.6 Å². The van der Waals surface area contributed by atoms with E-state index < -0.39 is 0 Å². The first-order valence-corrected chi connectivity index (χ1v) is 4.14. The molecule has 1 aromatic carbocycles. The van der Waals surface area contributed by atoms with Gasteiger partial charge in [0.25, 0.3) is 0 Å². The zero-order valence-corrected chi connectivity index (χ0v) is 8.22. The molecule has 12 heavy (non-hydrogen) atoms. The standard InChI is InChI=1S/C9H8BrO2/c1-6-5-7(10)3-4-8(6)9(11)12-2/h3-5H,1H2,2H3/q+1. The predicted octanol–water partition coefficient (Wildman–Crippen LogP) is 2.42. The van der Waals surface area contributed by atoms with Gasteiger partial charge in [0.2, 0.25) is 0 Å². The Morgan fingerprint density at radius 3 is 2.75 bits per heavy atom. The molecule has 0 aliphatic heterocycles. The molecule has 2 nitrogen and oxygen atoms in total. The number of carbonyl (C=O) groups excluding carboxylic acids is 1. The van der Waals surface area contributed by atoms with Gasteiger partial charge in [-0.3, -0.25) is 0 Å². The molecule has 0 aliphatic carbocycles. The Labute approximate surface area is 79.7 Å². The summed E-state index contributed by atoms with van der Waals surface area (Å²) in [7, 11) is 1.35. The van der Waals surface area contributed by atoms with E-state index in [1.54, 1.807) is 18.2 Å². The number of benzene rings is 1. The average molecular weight is 228 g/mol. The van der Waals surface area contributed by atoms with Crippen LogP contribution in [0.15, 0.2) is 22.7 Å². The van der Waals surface area contributed by atoms with Gasteiger partial charge < -0.3 is 4.74 Å². The first-order valence-electron chi connectivity index (χ1n) is 3.35. The van der Waals surface area contributed by atoms with E-state index in [-0.39, 0.29) is 5.97 Å². The molecule has 0 saturated carbocycles. The fraction of sp³-hybridized carbons (Fsp3) is 0.111. The maximum atomic E-state index is 11.1. The zero-order chi connectivity index (χ0) is 9.14. The molecule has 0 atom stereocenters. The molecular weight excluding hydrogens is 220 g/mol. The molecule has 0 unspecified atom stereocenters. The van der Waals surface area contributed by atoms with Crippen LogP contribution in [-0.4, -0.2) is 13.1 Å². The third kappa shape index (κ3) is 1.80. The predicted molar refractivity (Wildman–Crippen MR) is 49.9 cm³/mol. The third-order valence-corrected chi connectivity index (χ3v) is 1.97. The normalized spacial score (nSPS) is 9.50. The van der Waals surface area contributed by atoms with Crippen LogP contribution < -0.4 is 0 Å². The quantitative estimate of drug-likeness (QED) is 0.545. The number of carbonyl (C=O) groups is 1. The van der Waals surface area contributed by atoms with E-state index in [4.69, 9.17) is 0 Å². The molecule has 0 N–H and O–H groups in total. The molecule has 1 aromatic rings. The summed E-state index contributed by atoms with van der Waals surface area (Å²) in [5.41, 5.74) is 1.16. The Bertz CT molecular complexity index is 307. The van der Waals surface area contributed by atoms with Crippen LogP contribution >= 0.6 is 15.9 Å². The lowest BCUT2D eigenvalue weighted by molar-refractivity contribution is 0.0600. The maximum Gasteiger partial charge on any atom is 0.396 e. The fourth-order valence-electron chi connectivity index (χ4n) is 0.871. The van der Waals surface area contributed by atoms with Crippen molar-refractivity contribution in [2.24, 2.45) is 0 Å². The van der Waals surface area contributed by atoms with Crippen molar-refractivity contribution >= 4 is 21.9 Å². The molecule has 0 aliphatic rings. The van der Waals surface area contributed by atoms with Crippen molar-refractivity contribution in [3.05, 3.63) is 40.7 Å². The monoisotopic (exact) mass is 227 g/mol. The van der Waals surface area contributed by atoms with E-state index in [1.807, 2.05) is 0 Å². The molecule has 0 heterocycles. The van der Waals surface area contributed by atoms with Crippen LogP contribution in [-0.2, 0) is 4.74 Å². The molecule has 0 spiro atoms. The number of halogens is 1. The minimum absolute atomic E-state index is 0.354. The summed E-state index contributed by atoms with van der Waals surface area (Å²) in [6, 6.07) is 5.23. The second-order valence-corrected chi connectivity index (χ2v) is 3.21. The highest BCUT2D eigenvalue weighted by atomic mass is 79.9. The lowest BCUT2D eigenvalue weighted by atomic mass is 10.1. The molecule has 0 saturated heterocycles. The molecule has 0 aromatic heterocycles. The maximum absolute atomic E-state index is 11.1. The molecule has 0 radical (unpaired) electrons. The molecule has 0 fully saturated rings. The highest BCUT2D eigenvalue weighted by molar-refractivity contribution is 9.10. The lowest BCUT2D eigenvalue weighted by Crippen LogP contribution is -2.03. The summed E-state index contributed by atoms with van der Waals surface area (Å²) < 4.78 is 5.47. The summed E-state index contributed by atoms with van der Waals surface area (Å²) in [6.07, 6.45) is 0. The average Bonchev–Trinajstić information content (AvgIpc) is 2.03. The topological polar surface area (TPSA) is 26.3 Å². The van der Waals surface area contributed by atoms with Crippen molar-refractivity contribution in [2.45, 2.75) is 0 Å². The van der Waals surface area contributed by atoms with Crippen LogP contribution in [0.2, 0.25) is 0 Å². The summed E-state index contributed by atoms with van der Waals surface area (Å²) >= 11 is 3.28. The van der Waals surface area contributed by atoms with Crippen molar-refractivity contribution in [1.29, 1.82) is 0 Å². The van der Waals surface area contributed by atoms with Crippen LogP contribution in [0.25, 0.3) is 0 Å². The summed E-state index contributed by atoms with van der Waals surface area (Å²) in [5, 5.41) is 0. The van der Waals surface area contributed by atoms with Gasteiger partial charge in [0.05, 0.1) is 17.6 Å². The highest BCUT2D eigenvalue weighted by Gasteiger charge is 2.16. The van der Waals surface area contributed by atoms with Gasteiger partial charge in [-0.1, -0.05) is 0 Å². The smallest absolute Gasteiger partial charge is 0.396 e. The molecule has 0 amide bonds. The fourth-order valence-corrected chi connectivity index (χ4v) is 1.28. The van der Waals surface area contributed by atoms with E-state index in [1.165, 1.54) is 7.11 Å². The van der Waals surface area contributed by atoms with Gasteiger partial charge in [-0.15, -0.1) is 0 Å². The van der Waals surface area contributed by atoms with Gasteiger partial charge in [0, 0.05) is 13.0 Å². The molecule has 1 rings (SSSR count). The summed E-state index contributed by atoms with van der Waals surface area (Å²) in [4.78, 5) is 11.1. The van der Waals surface area contributed by atoms with E-state index >= 15 is 0 Å². The van der Waals surface area contributed by atoms with Gasteiger partial charge in [0.15, 0.2) is 5.56 Å². The Hall–Kier alpha value is -0.960. The van der Waals surface area contributed by atoms with Gasteiger partial charge in [-0.2, -0.15) is 0 Å². The number of hydrogen-bond donors (Lipinski definition) is 0. The van der Waals surface area contributed by atoms with Crippen LogP contribution in [0.3, 0.4) is 0 Å². The second-order valence-electron chi connectivity index (χ2n) is 2.29. The van der Waals surface area contributed by atoms with E-state index in [0.717, 1.165) is 4.47 Å². The summed E-state index contributed by atoms with van der Waals surface area (Å²) in [6.45, 7) is 3.72. The first-order chi connectivity index (χ1) is 5.65. The number of esters is 1. The van der Waals surface area contributed by atoms with Crippen molar-refractivity contribution < 1.29 is 9.53 Å². The van der Waals surface area contributed by atoms with Crippen LogP contribution in [0, 0.1) is 6.92 Å². The Kier molecular flexibility index (Phi) is 2.76. The van der Waals surface area contributed by atoms with Crippen LogP contribution in [0.5, 0.6) is 0 Å². The van der Waals surface area contributed by atoms with Crippen molar-refractivity contribution in [2.75, 3.05) is 7.11 Å². The minimum Gasteiger partial charge on any atom is -0.455 e. The van der Waals surface area contributed by atoms with Crippen molar-refractivity contribution in [3.63, 3.8) is 0 Å². The third-order valence-electron chi connectivity index (χ3n) is 1.47. The Morgan fingerprint density at radius 2 is 2.25 bits per heavy atom. The van der Waals surface area contributed by atoms with Crippen LogP contribution in [0.1, 0.15) is 15.9 Å². The van der Waals surface area contributed by atoms with Gasteiger partial charge in [0.1, 0.15) is 5.56 Å². The highest BCUT2D eigenvalue weighted by Crippen LogP contribution is 2.16. The SMILES string of the molecule is [CH2+]c1cc(Br)ccc1C(=O)OC. The van der Waals surface area contributed by atoms with Crippen LogP contribution in [0.4, 0.5) is 0 Å². The molecule has 0 bridgehead atoms. The molecular formula is C9H8BrO2+. The van der Waals surface area contributed by atoms with Crippen molar-refractivity contribution in [3.8, 4) is 0 Å². The number of ether oxygens (including phenoxy) is 1. The van der Waals surface area contributed by atoms with E-state index in [9.17, 15) is 4.79 Å². The Balaban J connectivity index is 3.09. The lowest BCUT2D eigenvalue weighted by Gasteiger charge is -1.95. The number of methoxy groups -OCH3 is 1. The zero-order valence-electron chi connectivity index (χ0n) is 6.63. The Morgan fingerprint density at radius 1 is 1.58 bits per heavy atom. The number of hydrogen-bond acceptors (Lipinski definition) is 2. The molecule has 62 valence electrons.